The molecular weight excluding hydrogens is 679 g/mol. The lowest BCUT2D eigenvalue weighted by atomic mass is 9.94. The number of hydrogen-bond acceptors (Lipinski definition) is 2. The zero-order valence-corrected chi connectivity index (χ0v) is 30.1. The van der Waals surface area contributed by atoms with Crippen molar-refractivity contribution in [1.82, 2.24) is 9.80 Å². The van der Waals surface area contributed by atoms with Gasteiger partial charge in [-0.2, -0.15) is 0 Å². The lowest BCUT2D eigenvalue weighted by Gasteiger charge is -2.26. The third-order valence-corrected chi connectivity index (χ3v) is 11.3. The van der Waals surface area contributed by atoms with E-state index in [0.717, 1.165) is 85.2 Å². The molecule has 0 N–H and O–H groups in total. The van der Waals surface area contributed by atoms with Crippen LogP contribution >= 0.6 is 23.2 Å². The van der Waals surface area contributed by atoms with Gasteiger partial charge in [0.25, 0.3) is 12.9 Å². The number of hydrogen-bond donors (Lipinski definition) is 0. The van der Waals surface area contributed by atoms with E-state index in [9.17, 15) is 17.6 Å². The molecule has 8 heteroatoms. The number of alkyl halides is 4. The zero-order chi connectivity index (χ0) is 35.0. The molecule has 2 aliphatic heterocycles. The van der Waals surface area contributed by atoms with E-state index in [4.69, 9.17) is 23.2 Å². The van der Waals surface area contributed by atoms with Crippen molar-refractivity contribution >= 4 is 23.2 Å². The van der Waals surface area contributed by atoms with Crippen LogP contribution in [0.4, 0.5) is 17.6 Å². The van der Waals surface area contributed by atoms with Gasteiger partial charge in [0, 0.05) is 35.3 Å². The first-order chi connectivity index (χ1) is 24.3. The second-order valence-electron chi connectivity index (χ2n) is 13.9. The summed E-state index contributed by atoms with van der Waals surface area (Å²) >= 11 is 14.0. The monoisotopic (exact) mass is 724 g/mol. The molecule has 0 saturated carbocycles. The molecule has 0 amide bonds. The summed E-state index contributed by atoms with van der Waals surface area (Å²) < 4.78 is 56.8. The van der Waals surface area contributed by atoms with Crippen molar-refractivity contribution in [3.05, 3.63) is 127 Å². The lowest BCUT2D eigenvalue weighted by Crippen LogP contribution is -2.29. The lowest BCUT2D eigenvalue weighted by molar-refractivity contribution is 0.149. The minimum absolute atomic E-state index is 0.0918. The van der Waals surface area contributed by atoms with Gasteiger partial charge in [0.2, 0.25) is 0 Å². The molecule has 0 aliphatic carbocycles. The van der Waals surface area contributed by atoms with E-state index in [-0.39, 0.29) is 11.1 Å². The highest BCUT2D eigenvalue weighted by molar-refractivity contribution is 6.37. The molecule has 2 heterocycles. The van der Waals surface area contributed by atoms with Gasteiger partial charge in [-0.1, -0.05) is 96.7 Å². The Morgan fingerprint density at radius 2 is 0.860 bits per heavy atom. The maximum absolute atomic E-state index is 14.2. The van der Waals surface area contributed by atoms with Crippen molar-refractivity contribution in [3.63, 3.8) is 0 Å². The van der Waals surface area contributed by atoms with Crippen molar-refractivity contribution in [2.45, 2.75) is 90.1 Å². The third-order valence-electron chi connectivity index (χ3n) is 10.4. The molecule has 4 aromatic carbocycles. The van der Waals surface area contributed by atoms with Crippen LogP contribution in [0.1, 0.15) is 95.9 Å². The standard InChI is InChI=1S/C42H46Cl2F4N2/c43-39-33(19-17-31-15-13-29(25-37(31)41(45)46)27-49-21-3-1-4-22-49)9-7-11-35(39)36-12-8-10-34(40(36)44)20-18-32-16-14-30(26-38(32)42(47)48)28-50-23-5-2-6-24-50/h7-16,25-26,41-42H,1-6,17-24,27-28H2. The van der Waals surface area contributed by atoms with Crippen LogP contribution < -0.4 is 0 Å². The van der Waals surface area contributed by atoms with Gasteiger partial charge < -0.3 is 0 Å². The molecule has 0 radical (unpaired) electrons. The zero-order valence-electron chi connectivity index (χ0n) is 28.6. The second-order valence-corrected chi connectivity index (χ2v) is 14.7. The van der Waals surface area contributed by atoms with Gasteiger partial charge >= 0.3 is 0 Å². The minimum atomic E-state index is -2.55. The van der Waals surface area contributed by atoms with Gasteiger partial charge in [-0.05, 0) is 123 Å². The van der Waals surface area contributed by atoms with Crippen molar-refractivity contribution in [2.75, 3.05) is 26.2 Å². The van der Waals surface area contributed by atoms with Gasteiger partial charge in [0.05, 0.1) is 10.0 Å². The molecule has 0 unspecified atom stereocenters. The fourth-order valence-electron chi connectivity index (χ4n) is 7.60. The molecule has 2 fully saturated rings. The number of nitrogens with zero attached hydrogens (tertiary/aromatic N) is 2. The number of piperidine rings is 2. The van der Waals surface area contributed by atoms with Crippen molar-refractivity contribution in [1.29, 1.82) is 0 Å². The van der Waals surface area contributed by atoms with Crippen LogP contribution in [0.15, 0.2) is 72.8 Å². The van der Waals surface area contributed by atoms with E-state index in [2.05, 4.69) is 9.80 Å². The maximum atomic E-state index is 14.2. The van der Waals surface area contributed by atoms with Crippen LogP contribution in [0.25, 0.3) is 11.1 Å². The van der Waals surface area contributed by atoms with E-state index in [1.165, 1.54) is 12.8 Å². The van der Waals surface area contributed by atoms with Gasteiger partial charge in [-0.3, -0.25) is 9.80 Å². The minimum Gasteiger partial charge on any atom is -0.299 e. The SMILES string of the molecule is FC(F)c1cc(CN2CCCCC2)ccc1CCc1cccc(-c2cccc(CCc3ccc(CN4CCCCC4)cc3C(F)F)c2Cl)c1Cl. The summed E-state index contributed by atoms with van der Waals surface area (Å²) in [5.41, 5.74) is 6.53. The average molecular weight is 726 g/mol. The molecule has 2 nitrogen and oxygen atoms in total. The molecule has 2 saturated heterocycles. The Morgan fingerprint density at radius 3 is 1.24 bits per heavy atom. The van der Waals surface area contributed by atoms with Crippen LogP contribution in [0.3, 0.4) is 0 Å². The number of halogens is 6. The molecular formula is C42H46Cl2F4N2. The maximum Gasteiger partial charge on any atom is 0.264 e. The van der Waals surface area contributed by atoms with E-state index in [0.29, 0.717) is 59.9 Å². The first-order valence-corrected chi connectivity index (χ1v) is 18.8. The molecule has 0 atom stereocenters. The first-order valence-electron chi connectivity index (χ1n) is 18.1. The highest BCUT2D eigenvalue weighted by Crippen LogP contribution is 2.38. The van der Waals surface area contributed by atoms with E-state index >= 15 is 0 Å². The normalized spacial score (nSPS) is 16.1. The number of aryl methyl sites for hydroxylation is 4. The number of rotatable bonds is 13. The third kappa shape index (κ3) is 9.30. The predicted molar refractivity (Wildman–Crippen MR) is 198 cm³/mol. The molecule has 2 aliphatic rings. The molecule has 50 heavy (non-hydrogen) atoms. The average Bonchev–Trinajstić information content (AvgIpc) is 3.12. The van der Waals surface area contributed by atoms with Crippen LogP contribution in [0, 0.1) is 0 Å². The Bertz CT molecular complexity index is 1600. The molecule has 0 bridgehead atoms. The Kier molecular flexibility index (Phi) is 12.9. The van der Waals surface area contributed by atoms with Crippen molar-refractivity contribution in [3.8, 4) is 11.1 Å². The Labute approximate surface area is 304 Å². The van der Waals surface area contributed by atoms with Gasteiger partial charge in [-0.15, -0.1) is 0 Å². The Hall–Kier alpha value is -2.90. The van der Waals surface area contributed by atoms with Crippen LogP contribution in [0.5, 0.6) is 0 Å². The fraction of sp³-hybridized carbons (Fsp3) is 0.429. The molecule has 4 aromatic rings. The summed E-state index contributed by atoms with van der Waals surface area (Å²) in [5, 5.41) is 1.08. The van der Waals surface area contributed by atoms with Gasteiger partial charge in [0.15, 0.2) is 0 Å². The highest BCUT2D eigenvalue weighted by atomic mass is 35.5. The highest BCUT2D eigenvalue weighted by Gasteiger charge is 2.20. The number of likely N-dealkylation sites (tertiary alicyclic amines) is 2. The summed E-state index contributed by atoms with van der Waals surface area (Å²) in [5.74, 6) is 0. The van der Waals surface area contributed by atoms with E-state index in [1.807, 2.05) is 60.7 Å². The molecule has 6 rings (SSSR count). The second kappa shape index (κ2) is 17.5. The smallest absolute Gasteiger partial charge is 0.264 e. The Balaban J connectivity index is 1.15. The Morgan fingerprint density at radius 1 is 0.480 bits per heavy atom. The van der Waals surface area contributed by atoms with Crippen molar-refractivity contribution < 1.29 is 17.6 Å². The summed E-state index contributed by atoms with van der Waals surface area (Å²) in [6.07, 6.45) is 3.86. The van der Waals surface area contributed by atoms with Crippen LogP contribution in [-0.2, 0) is 38.8 Å². The quantitative estimate of drug-likeness (QED) is 0.127. The molecule has 0 spiro atoms. The van der Waals surface area contributed by atoms with E-state index < -0.39 is 12.9 Å². The summed E-state index contributed by atoms with van der Waals surface area (Å²) in [6.45, 7) is 5.46. The van der Waals surface area contributed by atoms with Crippen LogP contribution in [0.2, 0.25) is 10.0 Å². The predicted octanol–water partition coefficient (Wildman–Crippen LogP) is 12.1. The first kappa shape index (κ1) is 36.9. The number of benzene rings is 4. The summed E-state index contributed by atoms with van der Waals surface area (Å²) in [7, 11) is 0. The molecule has 0 aromatic heterocycles. The summed E-state index contributed by atoms with van der Waals surface area (Å²) in [4.78, 5) is 4.68. The van der Waals surface area contributed by atoms with Crippen molar-refractivity contribution in [2.24, 2.45) is 0 Å². The van der Waals surface area contributed by atoms with Crippen LogP contribution in [-0.4, -0.2) is 36.0 Å². The fourth-order valence-corrected chi connectivity index (χ4v) is 8.24. The van der Waals surface area contributed by atoms with Gasteiger partial charge in [-0.25, -0.2) is 17.6 Å². The largest absolute Gasteiger partial charge is 0.299 e. The summed E-state index contributed by atoms with van der Waals surface area (Å²) in [6, 6.07) is 22.5. The van der Waals surface area contributed by atoms with Gasteiger partial charge in [0.1, 0.15) is 0 Å². The molecule has 266 valence electrons. The topological polar surface area (TPSA) is 6.48 Å². The van der Waals surface area contributed by atoms with E-state index in [1.54, 1.807) is 12.1 Å².